The van der Waals surface area contributed by atoms with Crippen molar-refractivity contribution in [2.75, 3.05) is 0 Å². The van der Waals surface area contributed by atoms with Crippen LogP contribution < -0.4 is 0 Å². The molecule has 0 fully saturated rings. The van der Waals surface area contributed by atoms with Crippen LogP contribution in [0.3, 0.4) is 0 Å². The zero-order valence-electron chi connectivity index (χ0n) is 31.0. The van der Waals surface area contributed by atoms with Crippen molar-refractivity contribution in [2.45, 2.75) is 19.3 Å². The molecule has 0 bridgehead atoms. The molecule has 0 spiro atoms. The second kappa shape index (κ2) is 12.1. The molecular formula is C55H38. The molecule has 0 amide bonds. The van der Waals surface area contributed by atoms with Crippen molar-refractivity contribution in [3.05, 3.63) is 205 Å². The normalized spacial score (nSPS) is 13.1. The second-order valence-electron chi connectivity index (χ2n) is 15.6. The molecule has 0 saturated carbocycles. The van der Waals surface area contributed by atoms with Crippen LogP contribution in [-0.4, -0.2) is 0 Å². The third kappa shape index (κ3) is 4.85. The van der Waals surface area contributed by atoms with Gasteiger partial charge >= 0.3 is 0 Å². The zero-order chi connectivity index (χ0) is 36.7. The fourth-order valence-corrected chi connectivity index (χ4v) is 9.57. The van der Waals surface area contributed by atoms with E-state index in [9.17, 15) is 0 Å². The summed E-state index contributed by atoms with van der Waals surface area (Å²) in [6.45, 7) is 4.79. The van der Waals surface area contributed by atoms with Gasteiger partial charge in [-0.25, -0.2) is 0 Å². The van der Waals surface area contributed by atoms with Gasteiger partial charge in [-0.3, -0.25) is 0 Å². The van der Waals surface area contributed by atoms with Crippen LogP contribution in [0, 0.1) is 0 Å². The van der Waals surface area contributed by atoms with Crippen LogP contribution in [-0.2, 0) is 5.41 Å². The molecule has 0 N–H and O–H groups in total. The van der Waals surface area contributed by atoms with E-state index in [2.05, 4.69) is 208 Å². The highest BCUT2D eigenvalue weighted by Gasteiger charge is 2.37. The molecule has 0 heterocycles. The Morgan fingerprint density at radius 2 is 0.818 bits per heavy atom. The summed E-state index contributed by atoms with van der Waals surface area (Å²) in [6.07, 6.45) is 0. The van der Waals surface area contributed by atoms with Crippen LogP contribution in [0.25, 0.3) is 98.7 Å². The lowest BCUT2D eigenvalue weighted by molar-refractivity contribution is 0.661. The molecule has 0 nitrogen and oxygen atoms in total. The van der Waals surface area contributed by atoms with Crippen molar-refractivity contribution in [2.24, 2.45) is 0 Å². The van der Waals surface area contributed by atoms with E-state index in [0.717, 1.165) is 0 Å². The average Bonchev–Trinajstić information content (AvgIpc) is 3.48. The van der Waals surface area contributed by atoms with Gasteiger partial charge in [0, 0.05) is 5.41 Å². The van der Waals surface area contributed by atoms with Crippen molar-refractivity contribution in [3.8, 4) is 55.6 Å². The van der Waals surface area contributed by atoms with Crippen LogP contribution in [0.15, 0.2) is 194 Å². The molecule has 11 rings (SSSR count). The van der Waals surface area contributed by atoms with Crippen LogP contribution in [0.4, 0.5) is 0 Å². The monoisotopic (exact) mass is 698 g/mol. The van der Waals surface area contributed by atoms with Gasteiger partial charge in [-0.2, -0.15) is 0 Å². The van der Waals surface area contributed by atoms with E-state index in [1.54, 1.807) is 0 Å². The summed E-state index contributed by atoms with van der Waals surface area (Å²) < 4.78 is 0. The Kier molecular flexibility index (Phi) is 7.00. The Balaban J connectivity index is 1.12. The molecule has 0 radical (unpaired) electrons. The Labute approximate surface area is 322 Å². The summed E-state index contributed by atoms with van der Waals surface area (Å²) in [7, 11) is 0. The van der Waals surface area contributed by atoms with Crippen LogP contribution in [0.1, 0.15) is 25.0 Å². The molecule has 10 aromatic rings. The zero-order valence-corrected chi connectivity index (χ0v) is 31.0. The second-order valence-corrected chi connectivity index (χ2v) is 15.6. The largest absolute Gasteiger partial charge is 0.0622 e. The molecule has 0 saturated heterocycles. The Morgan fingerprint density at radius 1 is 0.273 bits per heavy atom. The predicted octanol–water partition coefficient (Wildman–Crippen LogP) is 15.3. The molecule has 1 aliphatic carbocycles. The third-order valence-corrected chi connectivity index (χ3v) is 12.2. The Bertz CT molecular complexity index is 3100. The predicted molar refractivity (Wildman–Crippen MR) is 236 cm³/mol. The molecule has 0 aliphatic heterocycles. The Hall–Kier alpha value is -6.76. The molecule has 1 aliphatic rings. The fourth-order valence-electron chi connectivity index (χ4n) is 9.57. The van der Waals surface area contributed by atoms with E-state index >= 15 is 0 Å². The molecule has 0 aromatic heterocycles. The highest BCUT2D eigenvalue weighted by atomic mass is 14.4. The molecule has 0 atom stereocenters. The topological polar surface area (TPSA) is 0 Å². The van der Waals surface area contributed by atoms with E-state index in [0.29, 0.717) is 0 Å². The van der Waals surface area contributed by atoms with Crippen LogP contribution >= 0.6 is 0 Å². The number of hydrogen-bond acceptors (Lipinski definition) is 0. The SMILES string of the molecule is CC1(C)c2cc(-c3ccc4ccccc4c3)ccc2-c2c1ccc1c(-c3c4ccccc4c(-c4cccc(-c5ccccc5)c4)c4ccccc34)cccc21. The quantitative estimate of drug-likeness (QED) is 0.161. The van der Waals surface area contributed by atoms with Gasteiger partial charge in [0.1, 0.15) is 0 Å². The number of benzene rings is 10. The first-order valence-electron chi connectivity index (χ1n) is 19.3. The standard InChI is InChI=1S/C55H38/c1-55(2)50-31-30-42-43(24-13-25-44(42)54(50)49-29-28-40(34-51(49)55)39-27-26-36-16-6-7-17-37(36)32-39)53-47-22-10-8-20-45(47)52(46-21-9-11-23-48(46)53)41-19-12-18-38(33-41)35-14-4-3-5-15-35/h3-34H,1-2H3. The van der Waals surface area contributed by atoms with Crippen LogP contribution in [0.2, 0.25) is 0 Å². The minimum Gasteiger partial charge on any atom is -0.0622 e. The lowest BCUT2D eigenvalue weighted by Crippen LogP contribution is -2.15. The minimum absolute atomic E-state index is 0.128. The van der Waals surface area contributed by atoms with Crippen LogP contribution in [0.5, 0.6) is 0 Å². The minimum atomic E-state index is -0.128. The maximum Gasteiger partial charge on any atom is 0.0159 e. The van der Waals surface area contributed by atoms with E-state index in [4.69, 9.17) is 0 Å². The van der Waals surface area contributed by atoms with Crippen molar-refractivity contribution >= 4 is 43.1 Å². The van der Waals surface area contributed by atoms with Gasteiger partial charge in [0.2, 0.25) is 0 Å². The highest BCUT2D eigenvalue weighted by Crippen LogP contribution is 2.54. The van der Waals surface area contributed by atoms with Gasteiger partial charge in [0.25, 0.3) is 0 Å². The fraction of sp³-hybridized carbons (Fsp3) is 0.0545. The van der Waals surface area contributed by atoms with Gasteiger partial charge in [-0.1, -0.05) is 190 Å². The summed E-state index contributed by atoms with van der Waals surface area (Å²) in [5, 5.41) is 10.2. The van der Waals surface area contributed by atoms with Gasteiger partial charge in [-0.15, -0.1) is 0 Å². The van der Waals surface area contributed by atoms with Gasteiger partial charge in [-0.05, 0) is 128 Å². The maximum atomic E-state index is 2.45. The van der Waals surface area contributed by atoms with Crippen molar-refractivity contribution in [1.29, 1.82) is 0 Å². The average molecular weight is 699 g/mol. The van der Waals surface area contributed by atoms with Crippen molar-refractivity contribution in [3.63, 3.8) is 0 Å². The number of rotatable bonds is 4. The lowest BCUT2D eigenvalue weighted by atomic mass is 9.80. The third-order valence-electron chi connectivity index (χ3n) is 12.2. The summed E-state index contributed by atoms with van der Waals surface area (Å²) in [4.78, 5) is 0. The first-order chi connectivity index (χ1) is 27.0. The van der Waals surface area contributed by atoms with E-state index < -0.39 is 0 Å². The van der Waals surface area contributed by atoms with Gasteiger partial charge in [0.05, 0.1) is 0 Å². The van der Waals surface area contributed by atoms with Crippen molar-refractivity contribution < 1.29 is 0 Å². The number of hydrogen-bond donors (Lipinski definition) is 0. The molecule has 0 unspecified atom stereocenters. The maximum absolute atomic E-state index is 2.45. The summed E-state index contributed by atoms with van der Waals surface area (Å²) in [6, 6.07) is 72.1. The molecule has 10 aromatic carbocycles. The summed E-state index contributed by atoms with van der Waals surface area (Å²) in [5.41, 5.74) is 15.4. The van der Waals surface area contributed by atoms with E-state index in [1.165, 1.54) is 110 Å². The number of fused-ring (bicyclic) bond motifs is 8. The summed E-state index contributed by atoms with van der Waals surface area (Å²) in [5.74, 6) is 0. The first-order valence-corrected chi connectivity index (χ1v) is 19.3. The van der Waals surface area contributed by atoms with Gasteiger partial charge in [0.15, 0.2) is 0 Å². The van der Waals surface area contributed by atoms with Crippen molar-refractivity contribution in [1.82, 2.24) is 0 Å². The molecule has 55 heavy (non-hydrogen) atoms. The smallest absolute Gasteiger partial charge is 0.0159 e. The lowest BCUT2D eigenvalue weighted by Gasteiger charge is -2.23. The molecular weight excluding hydrogens is 661 g/mol. The molecule has 258 valence electrons. The Morgan fingerprint density at radius 3 is 1.58 bits per heavy atom. The van der Waals surface area contributed by atoms with Gasteiger partial charge < -0.3 is 0 Å². The van der Waals surface area contributed by atoms with E-state index in [-0.39, 0.29) is 5.41 Å². The van der Waals surface area contributed by atoms with E-state index in [1.807, 2.05) is 0 Å². The first kappa shape index (κ1) is 31.7. The summed E-state index contributed by atoms with van der Waals surface area (Å²) >= 11 is 0. The highest BCUT2D eigenvalue weighted by molar-refractivity contribution is 6.24. The molecule has 0 heteroatoms.